The lowest BCUT2D eigenvalue weighted by molar-refractivity contribution is 0.196. The molecule has 0 aliphatic carbocycles. The van der Waals surface area contributed by atoms with Crippen molar-refractivity contribution in [2.75, 3.05) is 20.1 Å². The summed E-state index contributed by atoms with van der Waals surface area (Å²) < 4.78 is 0. The van der Waals surface area contributed by atoms with Gasteiger partial charge in [-0.2, -0.15) is 0 Å². The molecule has 4 heteroatoms. The monoisotopic (exact) mass is 267 g/mol. The second-order valence-corrected chi connectivity index (χ2v) is 5.03. The summed E-state index contributed by atoms with van der Waals surface area (Å²) in [5.41, 5.74) is 3.18. The Hall–Kier alpha value is -2.36. The van der Waals surface area contributed by atoms with E-state index in [1.165, 1.54) is 0 Å². The Balaban J connectivity index is 1.72. The van der Waals surface area contributed by atoms with E-state index in [0.717, 1.165) is 29.9 Å². The molecule has 0 N–H and O–H groups in total. The number of carbonyl (C=O) groups excluding carboxylic acids is 1. The molecule has 1 saturated heterocycles. The summed E-state index contributed by atoms with van der Waals surface area (Å²) in [6, 6.07) is 14.3. The number of aromatic nitrogens is 1. The fourth-order valence-corrected chi connectivity index (χ4v) is 2.37. The van der Waals surface area contributed by atoms with Crippen LogP contribution in [0.1, 0.15) is 5.69 Å². The first-order chi connectivity index (χ1) is 9.74. The average Bonchev–Trinajstić information content (AvgIpc) is 2.81. The van der Waals surface area contributed by atoms with Gasteiger partial charge < -0.3 is 9.80 Å². The van der Waals surface area contributed by atoms with E-state index in [0.29, 0.717) is 6.54 Å². The Morgan fingerprint density at radius 2 is 1.85 bits per heavy atom. The van der Waals surface area contributed by atoms with E-state index in [4.69, 9.17) is 0 Å². The van der Waals surface area contributed by atoms with Crippen molar-refractivity contribution in [1.29, 1.82) is 0 Å². The molecule has 2 heterocycles. The summed E-state index contributed by atoms with van der Waals surface area (Å²) in [6.45, 7) is 2.15. The molecule has 0 spiro atoms. The highest BCUT2D eigenvalue weighted by Crippen LogP contribution is 2.18. The maximum absolute atomic E-state index is 11.8. The van der Waals surface area contributed by atoms with Crippen LogP contribution in [0.5, 0.6) is 0 Å². The minimum absolute atomic E-state index is 0.0823. The van der Waals surface area contributed by atoms with Crippen LogP contribution in [0, 0.1) is 0 Å². The molecule has 4 nitrogen and oxygen atoms in total. The first-order valence-corrected chi connectivity index (χ1v) is 6.74. The summed E-state index contributed by atoms with van der Waals surface area (Å²) in [7, 11) is 1.83. The van der Waals surface area contributed by atoms with Crippen molar-refractivity contribution in [2.24, 2.45) is 0 Å². The molecule has 2 aromatic rings. The lowest BCUT2D eigenvalue weighted by Crippen LogP contribution is -2.29. The maximum Gasteiger partial charge on any atom is 0.320 e. The molecule has 20 heavy (non-hydrogen) atoms. The smallest absolute Gasteiger partial charge is 0.320 e. The molecule has 0 saturated carbocycles. The van der Waals surface area contributed by atoms with Crippen LogP contribution in [0.15, 0.2) is 48.7 Å². The van der Waals surface area contributed by atoms with Gasteiger partial charge in [-0.05, 0) is 11.6 Å². The largest absolute Gasteiger partial charge is 0.326 e. The first-order valence-electron chi connectivity index (χ1n) is 6.74. The summed E-state index contributed by atoms with van der Waals surface area (Å²) in [4.78, 5) is 19.8. The second-order valence-electron chi connectivity index (χ2n) is 5.03. The number of benzene rings is 1. The van der Waals surface area contributed by atoms with Gasteiger partial charge in [0.2, 0.25) is 0 Å². The molecule has 3 rings (SSSR count). The number of hydrogen-bond donors (Lipinski definition) is 0. The molecule has 0 atom stereocenters. The number of amides is 2. The molecular weight excluding hydrogens is 250 g/mol. The van der Waals surface area contributed by atoms with E-state index in [1.807, 2.05) is 42.4 Å². The van der Waals surface area contributed by atoms with Crippen molar-refractivity contribution in [1.82, 2.24) is 14.8 Å². The SMILES string of the molecule is CN1CCN(Cc2ccc(-c3ccccc3)cn2)C1=O. The van der Waals surface area contributed by atoms with Crippen LogP contribution in [-0.4, -0.2) is 41.0 Å². The summed E-state index contributed by atoms with van der Waals surface area (Å²) in [6.07, 6.45) is 1.87. The number of rotatable bonds is 3. The molecule has 0 unspecified atom stereocenters. The Kier molecular flexibility index (Phi) is 3.37. The zero-order valence-electron chi connectivity index (χ0n) is 11.5. The van der Waals surface area contributed by atoms with Gasteiger partial charge in [0.1, 0.15) is 0 Å². The normalized spacial score (nSPS) is 14.9. The van der Waals surface area contributed by atoms with Crippen LogP contribution in [-0.2, 0) is 6.54 Å². The second kappa shape index (κ2) is 5.33. The van der Waals surface area contributed by atoms with E-state index in [2.05, 4.69) is 23.2 Å². The van der Waals surface area contributed by atoms with Crippen molar-refractivity contribution < 1.29 is 4.79 Å². The predicted molar refractivity (Wildman–Crippen MR) is 78.1 cm³/mol. The molecule has 0 bridgehead atoms. The van der Waals surface area contributed by atoms with Crippen LogP contribution in [0.3, 0.4) is 0 Å². The van der Waals surface area contributed by atoms with Crippen molar-refractivity contribution >= 4 is 6.03 Å². The van der Waals surface area contributed by atoms with Gasteiger partial charge in [0.15, 0.2) is 0 Å². The molecule has 2 amide bonds. The zero-order chi connectivity index (χ0) is 13.9. The first kappa shape index (κ1) is 12.7. The Labute approximate surface area is 118 Å². The summed E-state index contributed by atoms with van der Waals surface area (Å²) >= 11 is 0. The minimum atomic E-state index is 0.0823. The Bertz CT molecular complexity index is 595. The number of hydrogen-bond acceptors (Lipinski definition) is 2. The van der Waals surface area contributed by atoms with Gasteiger partial charge in [-0.1, -0.05) is 36.4 Å². The zero-order valence-corrected chi connectivity index (χ0v) is 11.5. The van der Waals surface area contributed by atoms with E-state index < -0.39 is 0 Å². The van der Waals surface area contributed by atoms with Gasteiger partial charge in [0, 0.05) is 31.9 Å². The summed E-state index contributed by atoms with van der Waals surface area (Å²) in [5.74, 6) is 0. The third kappa shape index (κ3) is 2.50. The topological polar surface area (TPSA) is 36.4 Å². The van der Waals surface area contributed by atoms with Crippen molar-refractivity contribution in [3.63, 3.8) is 0 Å². The number of urea groups is 1. The third-order valence-electron chi connectivity index (χ3n) is 3.59. The van der Waals surface area contributed by atoms with Crippen LogP contribution < -0.4 is 0 Å². The molecule has 1 aromatic heterocycles. The van der Waals surface area contributed by atoms with Crippen molar-refractivity contribution in [3.05, 3.63) is 54.4 Å². The lowest BCUT2D eigenvalue weighted by atomic mass is 10.1. The highest BCUT2D eigenvalue weighted by atomic mass is 16.2. The van der Waals surface area contributed by atoms with Crippen LogP contribution in [0.25, 0.3) is 11.1 Å². The quantitative estimate of drug-likeness (QED) is 0.857. The Morgan fingerprint density at radius 3 is 2.45 bits per heavy atom. The van der Waals surface area contributed by atoms with Gasteiger partial charge in [0.25, 0.3) is 0 Å². The van der Waals surface area contributed by atoms with E-state index in [9.17, 15) is 4.79 Å². The van der Waals surface area contributed by atoms with Gasteiger partial charge in [0.05, 0.1) is 12.2 Å². The van der Waals surface area contributed by atoms with Gasteiger partial charge in [-0.15, -0.1) is 0 Å². The standard InChI is InChI=1S/C16H17N3O/c1-18-9-10-19(16(18)20)12-15-8-7-14(11-17-15)13-5-3-2-4-6-13/h2-8,11H,9-10,12H2,1H3. The van der Waals surface area contributed by atoms with Crippen molar-refractivity contribution in [3.8, 4) is 11.1 Å². The molecule has 0 radical (unpaired) electrons. The molecule has 1 aliphatic heterocycles. The summed E-state index contributed by atoms with van der Waals surface area (Å²) in [5, 5.41) is 0. The Morgan fingerprint density at radius 1 is 1.05 bits per heavy atom. The van der Waals surface area contributed by atoms with Gasteiger partial charge in [-0.3, -0.25) is 4.98 Å². The highest BCUT2D eigenvalue weighted by Gasteiger charge is 2.25. The fourth-order valence-electron chi connectivity index (χ4n) is 2.37. The lowest BCUT2D eigenvalue weighted by Gasteiger charge is -2.15. The molecule has 102 valence electrons. The minimum Gasteiger partial charge on any atom is -0.326 e. The van der Waals surface area contributed by atoms with Gasteiger partial charge >= 0.3 is 6.03 Å². The van der Waals surface area contributed by atoms with Gasteiger partial charge in [-0.25, -0.2) is 4.79 Å². The van der Waals surface area contributed by atoms with E-state index in [1.54, 1.807) is 4.90 Å². The highest BCUT2D eigenvalue weighted by molar-refractivity contribution is 5.76. The molecule has 1 aromatic carbocycles. The number of likely N-dealkylation sites (N-methyl/N-ethyl adjacent to an activating group) is 1. The van der Waals surface area contributed by atoms with E-state index >= 15 is 0 Å². The predicted octanol–water partition coefficient (Wildman–Crippen LogP) is 2.62. The van der Waals surface area contributed by atoms with Crippen LogP contribution >= 0.6 is 0 Å². The molecular formula is C16H17N3O. The maximum atomic E-state index is 11.8. The number of carbonyl (C=O) groups is 1. The number of nitrogens with zero attached hydrogens (tertiary/aromatic N) is 3. The average molecular weight is 267 g/mol. The fraction of sp³-hybridized carbons (Fsp3) is 0.250. The van der Waals surface area contributed by atoms with Crippen molar-refractivity contribution in [2.45, 2.75) is 6.54 Å². The van der Waals surface area contributed by atoms with Crippen LogP contribution in [0.4, 0.5) is 4.79 Å². The third-order valence-corrected chi connectivity index (χ3v) is 3.59. The number of pyridine rings is 1. The van der Waals surface area contributed by atoms with Crippen LogP contribution in [0.2, 0.25) is 0 Å². The molecule has 1 fully saturated rings. The molecule has 1 aliphatic rings. The van der Waals surface area contributed by atoms with E-state index in [-0.39, 0.29) is 6.03 Å².